The molecule has 0 radical (unpaired) electrons. The van der Waals surface area contributed by atoms with E-state index in [-0.39, 0.29) is 12.0 Å². The average Bonchev–Trinajstić information content (AvgIpc) is 2.45. The molecule has 0 saturated carbocycles. The van der Waals surface area contributed by atoms with Crippen LogP contribution in [0.1, 0.15) is 28.4 Å². The van der Waals surface area contributed by atoms with Crippen LogP contribution in [0.15, 0.2) is 18.2 Å². The molecule has 4 heteroatoms. The van der Waals surface area contributed by atoms with Gasteiger partial charge in [0.15, 0.2) is 0 Å². The first-order valence-electron chi connectivity index (χ1n) is 6.82. The van der Waals surface area contributed by atoms with Gasteiger partial charge in [-0.3, -0.25) is 4.79 Å². The zero-order chi connectivity index (χ0) is 14.5. The smallest absolute Gasteiger partial charge is 0.254 e. The Bertz CT molecular complexity index is 557. The number of benzene rings is 1. The fourth-order valence-electron chi connectivity index (χ4n) is 2.27. The van der Waals surface area contributed by atoms with Gasteiger partial charge in [-0.05, 0) is 37.6 Å². The van der Waals surface area contributed by atoms with Gasteiger partial charge in [0.1, 0.15) is 0 Å². The second kappa shape index (κ2) is 6.56. The summed E-state index contributed by atoms with van der Waals surface area (Å²) in [5.41, 5.74) is 7.99. The van der Waals surface area contributed by atoms with Crippen molar-refractivity contribution >= 4 is 5.91 Å². The van der Waals surface area contributed by atoms with E-state index in [0.717, 1.165) is 11.1 Å². The highest BCUT2D eigenvalue weighted by atomic mass is 16.5. The van der Waals surface area contributed by atoms with Crippen LogP contribution in [0.5, 0.6) is 0 Å². The second-order valence-electron chi connectivity index (χ2n) is 4.97. The first-order chi connectivity index (χ1) is 9.61. The molecule has 1 aromatic carbocycles. The quantitative estimate of drug-likeness (QED) is 0.781. The third-order valence-corrected chi connectivity index (χ3v) is 3.33. The first kappa shape index (κ1) is 14.6. The number of carbonyl (C=O) groups is 1. The van der Waals surface area contributed by atoms with Crippen LogP contribution in [0.2, 0.25) is 0 Å². The van der Waals surface area contributed by atoms with Crippen molar-refractivity contribution in [1.82, 2.24) is 4.90 Å². The van der Waals surface area contributed by atoms with Gasteiger partial charge in [-0.25, -0.2) is 0 Å². The highest BCUT2D eigenvalue weighted by Gasteiger charge is 2.22. The minimum Gasteiger partial charge on any atom is -0.375 e. The van der Waals surface area contributed by atoms with Gasteiger partial charge in [-0.15, -0.1) is 0 Å². The number of rotatable bonds is 1. The zero-order valence-electron chi connectivity index (χ0n) is 12.0. The molecule has 1 unspecified atom stereocenters. The van der Waals surface area contributed by atoms with E-state index < -0.39 is 0 Å². The highest BCUT2D eigenvalue weighted by Crippen LogP contribution is 2.14. The molecular weight excluding hydrogens is 252 g/mol. The van der Waals surface area contributed by atoms with Crippen molar-refractivity contribution < 1.29 is 9.53 Å². The first-order valence-corrected chi connectivity index (χ1v) is 6.82. The van der Waals surface area contributed by atoms with Gasteiger partial charge < -0.3 is 15.4 Å². The molecule has 106 valence electrons. The molecular formula is C16H20N2O2. The molecule has 1 amide bonds. The van der Waals surface area contributed by atoms with E-state index >= 15 is 0 Å². The van der Waals surface area contributed by atoms with Gasteiger partial charge >= 0.3 is 0 Å². The van der Waals surface area contributed by atoms with Crippen LogP contribution in [0.3, 0.4) is 0 Å². The summed E-state index contributed by atoms with van der Waals surface area (Å²) in [6.07, 6.45) is 0.100. The van der Waals surface area contributed by atoms with Crippen molar-refractivity contribution in [3.8, 4) is 11.8 Å². The van der Waals surface area contributed by atoms with Crippen molar-refractivity contribution in [3.05, 3.63) is 34.9 Å². The molecule has 0 bridgehead atoms. The molecule has 0 aliphatic carbocycles. The van der Waals surface area contributed by atoms with Crippen molar-refractivity contribution in [3.63, 3.8) is 0 Å². The predicted octanol–water partition coefficient (Wildman–Crippen LogP) is 1.17. The summed E-state index contributed by atoms with van der Waals surface area (Å²) < 4.78 is 5.46. The van der Waals surface area contributed by atoms with Crippen molar-refractivity contribution in [2.75, 3.05) is 26.2 Å². The molecule has 1 atom stereocenters. The van der Waals surface area contributed by atoms with Crippen LogP contribution < -0.4 is 5.73 Å². The number of nitrogens with two attached hydrogens (primary N) is 1. The third kappa shape index (κ3) is 3.38. The van der Waals surface area contributed by atoms with Crippen LogP contribution in [0.25, 0.3) is 0 Å². The molecule has 4 nitrogen and oxygen atoms in total. The normalized spacial score (nSPS) is 18.4. The van der Waals surface area contributed by atoms with Gasteiger partial charge in [-0.1, -0.05) is 11.8 Å². The molecule has 1 saturated heterocycles. The molecule has 20 heavy (non-hydrogen) atoms. The second-order valence-corrected chi connectivity index (χ2v) is 4.97. The summed E-state index contributed by atoms with van der Waals surface area (Å²) in [4.78, 5) is 14.3. The fourth-order valence-corrected chi connectivity index (χ4v) is 2.27. The van der Waals surface area contributed by atoms with E-state index in [9.17, 15) is 4.79 Å². The van der Waals surface area contributed by atoms with E-state index in [0.29, 0.717) is 31.8 Å². The monoisotopic (exact) mass is 272 g/mol. The maximum Gasteiger partial charge on any atom is 0.254 e. The molecule has 1 fully saturated rings. The minimum absolute atomic E-state index is 0.0570. The standard InChI is InChI=1S/C16H20N2O2/c1-12-10-15(6-5-14(12)4-3-7-17)16(19)18-8-9-20-13(2)11-18/h5-6,10,13H,7-9,11,17H2,1-2H3. The third-order valence-electron chi connectivity index (χ3n) is 3.33. The lowest BCUT2D eigenvalue weighted by molar-refractivity contribution is -0.0124. The summed E-state index contributed by atoms with van der Waals surface area (Å²) in [6.45, 7) is 6.18. The SMILES string of the molecule is Cc1cc(C(=O)N2CCOC(C)C2)ccc1C#CCN. The Balaban J connectivity index is 2.16. The maximum atomic E-state index is 12.4. The minimum atomic E-state index is 0.0570. The Morgan fingerprint density at radius 1 is 1.55 bits per heavy atom. The van der Waals surface area contributed by atoms with Gasteiger partial charge in [0.25, 0.3) is 5.91 Å². The zero-order valence-corrected chi connectivity index (χ0v) is 12.0. The van der Waals surface area contributed by atoms with Gasteiger partial charge in [0.2, 0.25) is 0 Å². The number of hydrogen-bond acceptors (Lipinski definition) is 3. The maximum absolute atomic E-state index is 12.4. The van der Waals surface area contributed by atoms with E-state index in [2.05, 4.69) is 11.8 Å². The number of morpholine rings is 1. The van der Waals surface area contributed by atoms with Crippen molar-refractivity contribution in [2.24, 2.45) is 5.73 Å². The largest absolute Gasteiger partial charge is 0.375 e. The number of nitrogens with zero attached hydrogens (tertiary/aromatic N) is 1. The Morgan fingerprint density at radius 2 is 2.35 bits per heavy atom. The van der Waals surface area contributed by atoms with E-state index in [1.807, 2.05) is 36.9 Å². The molecule has 2 rings (SSSR count). The van der Waals surface area contributed by atoms with Crippen molar-refractivity contribution in [2.45, 2.75) is 20.0 Å². The molecule has 0 aromatic heterocycles. The topological polar surface area (TPSA) is 55.6 Å². The number of ether oxygens (including phenoxy) is 1. The summed E-state index contributed by atoms with van der Waals surface area (Å²) in [5.74, 6) is 5.89. The van der Waals surface area contributed by atoms with Gasteiger partial charge in [-0.2, -0.15) is 0 Å². The Kier molecular flexibility index (Phi) is 4.78. The number of carbonyl (C=O) groups excluding carboxylic acids is 1. The molecule has 1 aliphatic heterocycles. The van der Waals surface area contributed by atoms with Crippen LogP contribution in [0.4, 0.5) is 0 Å². The lowest BCUT2D eigenvalue weighted by atomic mass is 10.0. The predicted molar refractivity (Wildman–Crippen MR) is 78.4 cm³/mol. The van der Waals surface area contributed by atoms with E-state index in [4.69, 9.17) is 10.5 Å². The number of amides is 1. The average molecular weight is 272 g/mol. The molecule has 1 aliphatic rings. The summed E-state index contributed by atoms with van der Waals surface area (Å²) in [7, 11) is 0. The summed E-state index contributed by atoms with van der Waals surface area (Å²) >= 11 is 0. The van der Waals surface area contributed by atoms with Gasteiger partial charge in [0, 0.05) is 24.2 Å². The van der Waals surface area contributed by atoms with E-state index in [1.165, 1.54) is 0 Å². The lowest BCUT2D eigenvalue weighted by Crippen LogP contribution is -2.44. The van der Waals surface area contributed by atoms with Crippen LogP contribution in [-0.4, -0.2) is 43.2 Å². The molecule has 1 heterocycles. The van der Waals surface area contributed by atoms with E-state index in [1.54, 1.807) is 0 Å². The molecule has 2 N–H and O–H groups in total. The highest BCUT2D eigenvalue weighted by molar-refractivity contribution is 5.94. The lowest BCUT2D eigenvalue weighted by Gasteiger charge is -2.31. The van der Waals surface area contributed by atoms with Crippen molar-refractivity contribution in [1.29, 1.82) is 0 Å². The number of aryl methyl sites for hydroxylation is 1. The van der Waals surface area contributed by atoms with Crippen LogP contribution >= 0.6 is 0 Å². The summed E-state index contributed by atoms with van der Waals surface area (Å²) in [6, 6.07) is 5.61. The fraction of sp³-hybridized carbons (Fsp3) is 0.438. The molecule has 0 spiro atoms. The summed E-state index contributed by atoms with van der Waals surface area (Å²) in [5, 5.41) is 0. The molecule has 1 aromatic rings. The van der Waals surface area contributed by atoms with Gasteiger partial charge in [0.05, 0.1) is 19.3 Å². The van der Waals surface area contributed by atoms with Crippen LogP contribution in [-0.2, 0) is 4.74 Å². The Labute approximate surface area is 119 Å². The Hall–Kier alpha value is -1.83. The number of hydrogen-bond donors (Lipinski definition) is 1. The van der Waals surface area contributed by atoms with Crippen LogP contribution in [0, 0.1) is 18.8 Å². The Morgan fingerprint density at radius 3 is 3.00 bits per heavy atom.